The van der Waals surface area contributed by atoms with E-state index in [-0.39, 0.29) is 11.2 Å². The Bertz CT molecular complexity index is 531. The first-order valence-electron chi connectivity index (χ1n) is 5.15. The van der Waals surface area contributed by atoms with Crippen LogP contribution >= 0.6 is 38.9 Å². The van der Waals surface area contributed by atoms with E-state index in [1.165, 1.54) is 17.7 Å². The first-order chi connectivity index (χ1) is 7.99. The molecule has 1 heterocycles. The average Bonchev–Trinajstić information content (AvgIpc) is 2.58. The molecule has 2 rings (SSSR count). The maximum absolute atomic E-state index is 13.0. The van der Waals surface area contributed by atoms with Crippen molar-refractivity contribution in [2.75, 3.05) is 0 Å². The van der Waals surface area contributed by atoms with E-state index in [9.17, 15) is 4.39 Å². The Labute approximate surface area is 118 Å². The number of thiophene rings is 1. The van der Waals surface area contributed by atoms with Crippen molar-refractivity contribution in [3.63, 3.8) is 0 Å². The molecular weight excluding hydrogens is 323 g/mol. The molecular formula is C13H11BrClFS. The molecule has 2 aromatic rings. The second-order valence-corrected chi connectivity index (χ2v) is 6.81. The quantitative estimate of drug-likeness (QED) is 0.628. The molecule has 1 aromatic carbocycles. The van der Waals surface area contributed by atoms with Crippen LogP contribution in [0.3, 0.4) is 0 Å². The highest BCUT2D eigenvalue weighted by Crippen LogP contribution is 2.38. The van der Waals surface area contributed by atoms with Crippen LogP contribution in [0.2, 0.25) is 0 Å². The predicted octanol–water partition coefficient (Wildman–Crippen LogP) is 5.59. The first kappa shape index (κ1) is 13.1. The van der Waals surface area contributed by atoms with Crippen LogP contribution in [0.5, 0.6) is 0 Å². The highest BCUT2D eigenvalue weighted by atomic mass is 79.9. The van der Waals surface area contributed by atoms with Gasteiger partial charge in [-0.25, -0.2) is 4.39 Å². The van der Waals surface area contributed by atoms with Crippen LogP contribution in [-0.4, -0.2) is 0 Å². The zero-order valence-electron chi connectivity index (χ0n) is 9.43. The summed E-state index contributed by atoms with van der Waals surface area (Å²) in [6.45, 7) is 3.91. The molecule has 0 fully saturated rings. The molecule has 0 aliphatic heterocycles. The fraction of sp³-hybridized carbons (Fsp3) is 0.231. The molecule has 1 unspecified atom stereocenters. The van der Waals surface area contributed by atoms with Crippen molar-refractivity contribution in [3.8, 4) is 0 Å². The van der Waals surface area contributed by atoms with Crippen molar-refractivity contribution >= 4 is 38.9 Å². The van der Waals surface area contributed by atoms with Gasteiger partial charge in [0.25, 0.3) is 0 Å². The van der Waals surface area contributed by atoms with Crippen molar-refractivity contribution in [1.29, 1.82) is 0 Å². The van der Waals surface area contributed by atoms with E-state index in [0.29, 0.717) is 0 Å². The lowest BCUT2D eigenvalue weighted by molar-refractivity contribution is 0.625. The number of benzene rings is 1. The summed E-state index contributed by atoms with van der Waals surface area (Å²) in [6.07, 6.45) is 0. The molecule has 90 valence electrons. The van der Waals surface area contributed by atoms with Gasteiger partial charge in [0.2, 0.25) is 0 Å². The summed E-state index contributed by atoms with van der Waals surface area (Å²) in [5, 5.41) is -0.217. The van der Waals surface area contributed by atoms with E-state index < -0.39 is 0 Å². The van der Waals surface area contributed by atoms with Gasteiger partial charge in [0.15, 0.2) is 0 Å². The minimum Gasteiger partial charge on any atom is -0.207 e. The van der Waals surface area contributed by atoms with Crippen LogP contribution in [0.1, 0.15) is 26.9 Å². The number of rotatable bonds is 2. The zero-order chi connectivity index (χ0) is 12.6. The molecule has 0 aliphatic carbocycles. The smallest absolute Gasteiger partial charge is 0.123 e. The Morgan fingerprint density at radius 2 is 1.94 bits per heavy atom. The summed E-state index contributed by atoms with van der Waals surface area (Å²) in [7, 11) is 0. The molecule has 0 saturated heterocycles. The standard InChI is InChI=1S/C13H11BrClFS/c1-7-5-9(16)3-4-10(7)12(15)11-6-8(2)13(14)17-11/h3-6,12H,1-2H3. The molecule has 0 nitrogen and oxygen atoms in total. The second kappa shape index (κ2) is 5.09. The van der Waals surface area contributed by atoms with Crippen LogP contribution in [0, 0.1) is 19.7 Å². The maximum atomic E-state index is 13.0. The highest BCUT2D eigenvalue weighted by Gasteiger charge is 2.16. The van der Waals surface area contributed by atoms with E-state index in [1.807, 2.05) is 13.8 Å². The molecule has 0 bridgehead atoms. The molecule has 4 heteroatoms. The van der Waals surface area contributed by atoms with Gasteiger partial charge in [-0.15, -0.1) is 22.9 Å². The normalized spacial score (nSPS) is 12.8. The van der Waals surface area contributed by atoms with Crippen molar-refractivity contribution in [2.24, 2.45) is 0 Å². The Morgan fingerprint density at radius 1 is 1.24 bits per heavy atom. The Morgan fingerprint density at radius 3 is 2.47 bits per heavy atom. The van der Waals surface area contributed by atoms with Crippen molar-refractivity contribution in [3.05, 3.63) is 55.4 Å². The van der Waals surface area contributed by atoms with Crippen molar-refractivity contribution in [1.82, 2.24) is 0 Å². The van der Waals surface area contributed by atoms with Crippen molar-refractivity contribution < 1.29 is 4.39 Å². The first-order valence-corrected chi connectivity index (χ1v) is 7.19. The molecule has 0 amide bonds. The molecule has 0 spiro atoms. The van der Waals surface area contributed by atoms with Gasteiger partial charge < -0.3 is 0 Å². The lowest BCUT2D eigenvalue weighted by atomic mass is 10.0. The number of hydrogen-bond acceptors (Lipinski definition) is 1. The van der Waals surface area contributed by atoms with E-state index in [0.717, 1.165) is 19.8 Å². The van der Waals surface area contributed by atoms with Gasteiger partial charge >= 0.3 is 0 Å². The van der Waals surface area contributed by atoms with Crippen LogP contribution in [0.4, 0.5) is 4.39 Å². The number of hydrogen-bond donors (Lipinski definition) is 0. The lowest BCUT2D eigenvalue weighted by Gasteiger charge is -2.11. The molecule has 0 N–H and O–H groups in total. The monoisotopic (exact) mass is 332 g/mol. The number of aryl methyl sites for hydroxylation is 2. The van der Waals surface area contributed by atoms with Gasteiger partial charge in [-0.2, -0.15) is 0 Å². The van der Waals surface area contributed by atoms with Crippen LogP contribution in [0.25, 0.3) is 0 Å². The lowest BCUT2D eigenvalue weighted by Crippen LogP contribution is -1.94. The summed E-state index contributed by atoms with van der Waals surface area (Å²) < 4.78 is 14.1. The Balaban J connectivity index is 2.39. The largest absolute Gasteiger partial charge is 0.207 e. The van der Waals surface area contributed by atoms with E-state index in [4.69, 9.17) is 11.6 Å². The van der Waals surface area contributed by atoms with E-state index >= 15 is 0 Å². The molecule has 0 saturated carbocycles. The van der Waals surface area contributed by atoms with Gasteiger partial charge in [0, 0.05) is 4.88 Å². The summed E-state index contributed by atoms with van der Waals surface area (Å²) >= 11 is 11.5. The molecule has 1 aromatic heterocycles. The second-order valence-electron chi connectivity index (χ2n) is 3.97. The van der Waals surface area contributed by atoms with Gasteiger partial charge in [0.1, 0.15) is 5.82 Å². The minimum atomic E-state index is -0.223. The Kier molecular flexibility index (Phi) is 3.91. The third-order valence-electron chi connectivity index (χ3n) is 2.63. The zero-order valence-corrected chi connectivity index (χ0v) is 12.6. The molecule has 0 radical (unpaired) electrons. The van der Waals surface area contributed by atoms with Crippen molar-refractivity contribution in [2.45, 2.75) is 19.2 Å². The van der Waals surface area contributed by atoms with Gasteiger partial charge in [-0.3, -0.25) is 0 Å². The summed E-state index contributed by atoms with van der Waals surface area (Å²) in [4.78, 5) is 1.07. The van der Waals surface area contributed by atoms with Crippen LogP contribution in [0.15, 0.2) is 28.1 Å². The number of alkyl halides is 1. The van der Waals surface area contributed by atoms with Crippen LogP contribution < -0.4 is 0 Å². The summed E-state index contributed by atoms with van der Waals surface area (Å²) in [5.74, 6) is -0.223. The SMILES string of the molecule is Cc1cc(F)ccc1C(Cl)c1cc(C)c(Br)s1. The van der Waals surface area contributed by atoms with E-state index in [1.54, 1.807) is 17.4 Å². The molecule has 1 atom stereocenters. The highest BCUT2D eigenvalue weighted by molar-refractivity contribution is 9.11. The number of halogens is 3. The average molecular weight is 334 g/mol. The fourth-order valence-electron chi connectivity index (χ4n) is 1.69. The van der Waals surface area contributed by atoms with Crippen LogP contribution in [-0.2, 0) is 0 Å². The van der Waals surface area contributed by atoms with E-state index in [2.05, 4.69) is 22.0 Å². The molecule has 0 aliphatic rings. The third kappa shape index (κ3) is 2.72. The Hall–Kier alpha value is -0.380. The summed E-state index contributed by atoms with van der Waals surface area (Å²) in [6, 6.07) is 6.79. The maximum Gasteiger partial charge on any atom is 0.123 e. The minimum absolute atomic E-state index is 0.217. The fourth-order valence-corrected chi connectivity index (χ4v) is 3.69. The predicted molar refractivity (Wildman–Crippen MR) is 75.6 cm³/mol. The summed E-state index contributed by atoms with van der Waals surface area (Å²) in [5.41, 5.74) is 3.02. The van der Waals surface area contributed by atoms with Gasteiger partial charge in [-0.05, 0) is 64.7 Å². The molecule has 17 heavy (non-hydrogen) atoms. The third-order valence-corrected chi connectivity index (χ3v) is 5.43. The van der Waals surface area contributed by atoms with Gasteiger partial charge in [0.05, 0.1) is 9.16 Å². The van der Waals surface area contributed by atoms with Gasteiger partial charge in [-0.1, -0.05) is 6.07 Å². The topological polar surface area (TPSA) is 0 Å².